The first-order valence-corrected chi connectivity index (χ1v) is 9.28. The van der Waals surface area contributed by atoms with Crippen molar-refractivity contribution in [1.29, 1.82) is 0 Å². The zero-order valence-electron chi connectivity index (χ0n) is 16.2. The number of carbonyl (C=O) groups excluding carboxylic acids is 1. The molecule has 1 atom stereocenters. The number of nitrogens with zero attached hydrogens (tertiary/aromatic N) is 5. The maximum atomic E-state index is 13.3. The van der Waals surface area contributed by atoms with E-state index in [4.69, 9.17) is 9.47 Å². The van der Waals surface area contributed by atoms with Crippen molar-refractivity contribution in [1.82, 2.24) is 25.1 Å². The number of aryl methyl sites for hydroxylation is 1. The third-order valence-corrected chi connectivity index (χ3v) is 4.57. The van der Waals surface area contributed by atoms with E-state index in [0.717, 1.165) is 5.56 Å². The predicted octanol–water partition coefficient (Wildman–Crippen LogP) is 2.28. The fraction of sp³-hybridized carbons (Fsp3) is 0.238. The van der Waals surface area contributed by atoms with Crippen LogP contribution in [0.5, 0.6) is 11.5 Å². The molecule has 1 aromatic heterocycles. The standard InChI is InChI=1S/C21H21N5O3/c1-15-22-23-24-26(15)18(12-16-8-4-3-5-9-16)21(27)25(2)13-17-14-28-19-10-6-7-11-20(19)29-17/h3-12,17H,13-14H2,1-2H3/b18-12-. The molecular formula is C21H21N5O3. The van der Waals surface area contributed by atoms with Crippen molar-refractivity contribution in [3.05, 3.63) is 66.0 Å². The molecule has 8 heteroatoms. The Morgan fingerprint density at radius 1 is 1.17 bits per heavy atom. The van der Waals surface area contributed by atoms with E-state index in [1.54, 1.807) is 24.9 Å². The molecule has 1 amide bonds. The fourth-order valence-electron chi connectivity index (χ4n) is 3.11. The molecule has 2 heterocycles. The molecule has 0 aliphatic carbocycles. The van der Waals surface area contributed by atoms with Crippen LogP contribution in [0.25, 0.3) is 11.8 Å². The first kappa shape index (κ1) is 18.7. The predicted molar refractivity (Wildman–Crippen MR) is 107 cm³/mol. The third kappa shape index (κ3) is 4.11. The number of hydrogen-bond donors (Lipinski definition) is 0. The van der Waals surface area contributed by atoms with E-state index in [1.165, 1.54) is 4.68 Å². The minimum Gasteiger partial charge on any atom is -0.486 e. The van der Waals surface area contributed by atoms with Crippen molar-refractivity contribution in [3.8, 4) is 11.5 Å². The molecule has 0 N–H and O–H groups in total. The summed E-state index contributed by atoms with van der Waals surface area (Å²) < 4.78 is 13.2. The number of rotatable bonds is 5. The van der Waals surface area contributed by atoms with Crippen LogP contribution in [0.3, 0.4) is 0 Å². The summed E-state index contributed by atoms with van der Waals surface area (Å²) in [5.41, 5.74) is 1.24. The van der Waals surface area contributed by atoms with Gasteiger partial charge in [0.1, 0.15) is 12.3 Å². The highest BCUT2D eigenvalue weighted by molar-refractivity contribution is 6.18. The quantitative estimate of drug-likeness (QED) is 0.621. The van der Waals surface area contributed by atoms with E-state index in [0.29, 0.717) is 36.2 Å². The molecule has 1 aliphatic rings. The highest BCUT2D eigenvalue weighted by Gasteiger charge is 2.26. The summed E-state index contributed by atoms with van der Waals surface area (Å²) >= 11 is 0. The van der Waals surface area contributed by atoms with Gasteiger partial charge in [0.2, 0.25) is 0 Å². The number of carbonyl (C=O) groups is 1. The average molecular weight is 391 g/mol. The van der Waals surface area contributed by atoms with Gasteiger partial charge < -0.3 is 14.4 Å². The molecule has 29 heavy (non-hydrogen) atoms. The Kier molecular flexibility index (Phi) is 5.24. The van der Waals surface area contributed by atoms with Crippen molar-refractivity contribution in [2.75, 3.05) is 20.2 Å². The summed E-state index contributed by atoms with van der Waals surface area (Å²) in [5.74, 6) is 1.71. The molecule has 1 aliphatic heterocycles. The van der Waals surface area contributed by atoms with Crippen molar-refractivity contribution in [2.45, 2.75) is 13.0 Å². The number of amides is 1. The van der Waals surface area contributed by atoms with Gasteiger partial charge in [-0.2, -0.15) is 4.68 Å². The largest absolute Gasteiger partial charge is 0.486 e. The van der Waals surface area contributed by atoms with Crippen LogP contribution in [0, 0.1) is 6.92 Å². The molecule has 1 unspecified atom stereocenters. The van der Waals surface area contributed by atoms with Crippen LogP contribution >= 0.6 is 0 Å². The Morgan fingerprint density at radius 2 is 1.90 bits per heavy atom. The van der Waals surface area contributed by atoms with E-state index < -0.39 is 0 Å². The van der Waals surface area contributed by atoms with E-state index in [-0.39, 0.29) is 12.0 Å². The SMILES string of the molecule is Cc1nnnn1/C(=C\c1ccccc1)C(=O)N(C)CC1COc2ccccc2O1. The van der Waals surface area contributed by atoms with E-state index in [1.807, 2.05) is 54.6 Å². The van der Waals surface area contributed by atoms with Gasteiger partial charge in [0, 0.05) is 7.05 Å². The highest BCUT2D eigenvalue weighted by Crippen LogP contribution is 2.31. The zero-order valence-corrected chi connectivity index (χ0v) is 16.2. The maximum Gasteiger partial charge on any atom is 0.272 e. The average Bonchev–Trinajstić information content (AvgIpc) is 3.17. The molecule has 148 valence electrons. The number of fused-ring (bicyclic) bond motifs is 1. The first-order valence-electron chi connectivity index (χ1n) is 9.28. The number of likely N-dealkylation sites (N-methyl/N-ethyl adjacent to an activating group) is 1. The van der Waals surface area contributed by atoms with Gasteiger partial charge in [-0.15, -0.1) is 5.10 Å². The van der Waals surface area contributed by atoms with Crippen molar-refractivity contribution in [2.24, 2.45) is 0 Å². The molecule has 2 aromatic carbocycles. The van der Waals surface area contributed by atoms with Crippen LogP contribution in [0.4, 0.5) is 0 Å². The van der Waals surface area contributed by atoms with Gasteiger partial charge in [-0.1, -0.05) is 42.5 Å². The van der Waals surface area contributed by atoms with Crippen LogP contribution in [0.15, 0.2) is 54.6 Å². The number of para-hydroxylation sites is 2. The van der Waals surface area contributed by atoms with Gasteiger partial charge in [-0.05, 0) is 41.1 Å². The second kappa shape index (κ2) is 8.14. The van der Waals surface area contributed by atoms with Crippen molar-refractivity contribution < 1.29 is 14.3 Å². The van der Waals surface area contributed by atoms with Crippen LogP contribution < -0.4 is 9.47 Å². The summed E-state index contributed by atoms with van der Waals surface area (Å²) in [6.45, 7) is 2.48. The first-order chi connectivity index (χ1) is 14.1. The Bertz CT molecular complexity index is 1030. The minimum absolute atomic E-state index is 0.216. The lowest BCUT2D eigenvalue weighted by Gasteiger charge is -2.30. The molecular weight excluding hydrogens is 370 g/mol. The maximum absolute atomic E-state index is 13.3. The van der Waals surface area contributed by atoms with Gasteiger partial charge in [0.25, 0.3) is 5.91 Å². The van der Waals surface area contributed by atoms with E-state index in [9.17, 15) is 4.79 Å². The Morgan fingerprint density at radius 3 is 2.62 bits per heavy atom. The lowest BCUT2D eigenvalue weighted by Crippen LogP contribution is -2.42. The van der Waals surface area contributed by atoms with Crippen molar-refractivity contribution >= 4 is 17.7 Å². The topological polar surface area (TPSA) is 82.4 Å². The summed E-state index contributed by atoms with van der Waals surface area (Å²) in [4.78, 5) is 14.9. The molecule has 0 fully saturated rings. The highest BCUT2D eigenvalue weighted by atomic mass is 16.6. The zero-order chi connectivity index (χ0) is 20.2. The third-order valence-electron chi connectivity index (χ3n) is 4.57. The molecule has 0 radical (unpaired) electrons. The summed E-state index contributed by atoms with van der Waals surface area (Å²) in [6, 6.07) is 17.1. The van der Waals surface area contributed by atoms with E-state index in [2.05, 4.69) is 15.5 Å². The number of aromatic nitrogens is 4. The number of tetrazole rings is 1. The molecule has 8 nitrogen and oxygen atoms in total. The Hall–Kier alpha value is -3.68. The van der Waals surface area contributed by atoms with Crippen LogP contribution in [-0.2, 0) is 4.79 Å². The smallest absolute Gasteiger partial charge is 0.272 e. The molecule has 0 saturated heterocycles. The molecule has 4 rings (SSSR count). The van der Waals surface area contributed by atoms with Gasteiger partial charge in [0.15, 0.2) is 23.4 Å². The van der Waals surface area contributed by atoms with Gasteiger partial charge in [0.05, 0.1) is 6.54 Å². The summed E-state index contributed by atoms with van der Waals surface area (Å²) in [7, 11) is 1.73. The Labute approximate surface area is 168 Å². The number of ether oxygens (including phenoxy) is 2. The van der Waals surface area contributed by atoms with Gasteiger partial charge in [-0.3, -0.25) is 4.79 Å². The monoisotopic (exact) mass is 391 g/mol. The Balaban J connectivity index is 1.55. The van der Waals surface area contributed by atoms with E-state index >= 15 is 0 Å². The summed E-state index contributed by atoms with van der Waals surface area (Å²) in [6.07, 6.45) is 1.50. The fourth-order valence-corrected chi connectivity index (χ4v) is 3.11. The van der Waals surface area contributed by atoms with Crippen molar-refractivity contribution in [3.63, 3.8) is 0 Å². The van der Waals surface area contributed by atoms with Crippen LogP contribution in [0.1, 0.15) is 11.4 Å². The lowest BCUT2D eigenvalue weighted by molar-refractivity contribution is -0.125. The number of hydrogen-bond acceptors (Lipinski definition) is 6. The molecule has 0 spiro atoms. The summed E-state index contributed by atoms with van der Waals surface area (Å²) in [5, 5.41) is 11.6. The minimum atomic E-state index is -0.271. The molecule has 0 saturated carbocycles. The lowest BCUT2D eigenvalue weighted by atomic mass is 10.2. The van der Waals surface area contributed by atoms with Gasteiger partial charge >= 0.3 is 0 Å². The number of benzene rings is 2. The normalized spacial score (nSPS) is 15.8. The van der Waals surface area contributed by atoms with Crippen LogP contribution in [-0.4, -0.2) is 57.3 Å². The van der Waals surface area contributed by atoms with Gasteiger partial charge in [-0.25, -0.2) is 0 Å². The molecule has 3 aromatic rings. The second-order valence-corrected chi connectivity index (χ2v) is 6.76. The molecule has 0 bridgehead atoms. The second-order valence-electron chi connectivity index (χ2n) is 6.76. The van der Waals surface area contributed by atoms with Crippen LogP contribution in [0.2, 0.25) is 0 Å².